The molecule has 0 atom stereocenters. The fraction of sp³-hybridized carbons (Fsp3) is 0.353. The highest BCUT2D eigenvalue weighted by Crippen LogP contribution is 2.27. The van der Waals surface area contributed by atoms with Gasteiger partial charge in [0.05, 0.1) is 10.2 Å². The van der Waals surface area contributed by atoms with Gasteiger partial charge in [0.2, 0.25) is 15.9 Å². The summed E-state index contributed by atoms with van der Waals surface area (Å²) in [5.74, 6) is -0.100. The van der Waals surface area contributed by atoms with Gasteiger partial charge in [-0.05, 0) is 38.0 Å². The Kier molecular flexibility index (Phi) is 5.59. The molecular formula is C17H20N4O4S2. The number of hydrogen-bond donors (Lipinski definition) is 2. The number of fused-ring (bicyclic) bond motifs is 1. The van der Waals surface area contributed by atoms with E-state index < -0.39 is 10.0 Å². The molecule has 0 aliphatic heterocycles. The number of rotatable bonds is 7. The SMILES string of the molecule is CCc1ccc2nc(NC(=O)CCNS(=O)(=O)c3c(C)noc3C)sc2c1. The molecule has 0 saturated carbocycles. The number of aryl methyl sites for hydroxylation is 3. The van der Waals surface area contributed by atoms with E-state index in [0.717, 1.165) is 16.6 Å². The number of nitrogens with zero attached hydrogens (tertiary/aromatic N) is 2. The van der Waals surface area contributed by atoms with Gasteiger partial charge in [-0.25, -0.2) is 18.1 Å². The van der Waals surface area contributed by atoms with Crippen LogP contribution in [0.2, 0.25) is 0 Å². The van der Waals surface area contributed by atoms with Crippen molar-refractivity contribution >= 4 is 42.6 Å². The first kappa shape index (κ1) is 19.5. The summed E-state index contributed by atoms with van der Waals surface area (Å²) in [6.45, 7) is 5.12. The molecule has 0 aliphatic rings. The zero-order valence-corrected chi connectivity index (χ0v) is 16.8. The first-order valence-corrected chi connectivity index (χ1v) is 10.7. The Morgan fingerprint density at radius 2 is 2.07 bits per heavy atom. The minimum atomic E-state index is -3.77. The Morgan fingerprint density at radius 3 is 2.74 bits per heavy atom. The van der Waals surface area contributed by atoms with E-state index in [1.165, 1.54) is 23.8 Å². The average molecular weight is 409 g/mol. The molecule has 0 spiro atoms. The lowest BCUT2D eigenvalue weighted by atomic mass is 10.2. The summed E-state index contributed by atoms with van der Waals surface area (Å²) in [4.78, 5) is 16.5. The number of sulfonamides is 1. The molecule has 0 aliphatic carbocycles. The number of carbonyl (C=O) groups is 1. The molecule has 1 aromatic carbocycles. The minimum Gasteiger partial charge on any atom is -0.360 e. The third kappa shape index (κ3) is 4.34. The fourth-order valence-electron chi connectivity index (χ4n) is 2.65. The highest BCUT2D eigenvalue weighted by Gasteiger charge is 2.23. The highest BCUT2D eigenvalue weighted by molar-refractivity contribution is 7.89. The molecule has 27 heavy (non-hydrogen) atoms. The lowest BCUT2D eigenvalue weighted by Gasteiger charge is -2.06. The lowest BCUT2D eigenvalue weighted by molar-refractivity contribution is -0.116. The largest absolute Gasteiger partial charge is 0.360 e. The second-order valence-electron chi connectivity index (χ2n) is 6.02. The van der Waals surface area contributed by atoms with Crippen LogP contribution in [0.25, 0.3) is 10.2 Å². The van der Waals surface area contributed by atoms with Gasteiger partial charge in [0, 0.05) is 13.0 Å². The number of carbonyl (C=O) groups excluding carboxylic acids is 1. The molecule has 2 N–H and O–H groups in total. The van der Waals surface area contributed by atoms with Crippen molar-refractivity contribution in [1.29, 1.82) is 0 Å². The van der Waals surface area contributed by atoms with E-state index in [9.17, 15) is 13.2 Å². The van der Waals surface area contributed by atoms with Crippen LogP contribution in [0.4, 0.5) is 5.13 Å². The molecule has 0 saturated heterocycles. The van der Waals surface area contributed by atoms with Crippen LogP contribution in [0, 0.1) is 13.8 Å². The third-order valence-corrected chi connectivity index (χ3v) is 6.63. The predicted octanol–water partition coefficient (Wildman–Crippen LogP) is 2.77. The van der Waals surface area contributed by atoms with E-state index in [-0.39, 0.29) is 35.2 Å². The molecule has 0 bridgehead atoms. The van der Waals surface area contributed by atoms with Crippen LogP contribution in [0.3, 0.4) is 0 Å². The van der Waals surface area contributed by atoms with Crippen LogP contribution in [0.15, 0.2) is 27.6 Å². The quantitative estimate of drug-likeness (QED) is 0.621. The number of aromatic nitrogens is 2. The summed E-state index contributed by atoms with van der Waals surface area (Å²) in [6.07, 6.45) is 0.916. The number of anilines is 1. The summed E-state index contributed by atoms with van der Waals surface area (Å²) >= 11 is 1.39. The summed E-state index contributed by atoms with van der Waals surface area (Å²) in [6, 6.07) is 6.00. The second kappa shape index (κ2) is 7.75. The molecule has 2 heterocycles. The smallest absolute Gasteiger partial charge is 0.245 e. The van der Waals surface area contributed by atoms with E-state index in [1.807, 2.05) is 12.1 Å². The van der Waals surface area contributed by atoms with Crippen molar-refractivity contribution in [3.63, 3.8) is 0 Å². The number of thiazole rings is 1. The Morgan fingerprint density at radius 1 is 1.30 bits per heavy atom. The third-order valence-electron chi connectivity index (χ3n) is 3.99. The molecule has 3 aromatic rings. The predicted molar refractivity (Wildman–Crippen MR) is 103 cm³/mol. The Balaban J connectivity index is 1.58. The minimum absolute atomic E-state index is 0.0146. The Bertz CT molecular complexity index is 1070. The fourth-order valence-corrected chi connectivity index (χ4v) is 4.96. The summed E-state index contributed by atoms with van der Waals surface area (Å²) in [5.41, 5.74) is 2.31. The van der Waals surface area contributed by atoms with Crippen molar-refractivity contribution in [3.05, 3.63) is 35.2 Å². The summed E-state index contributed by atoms with van der Waals surface area (Å²) in [5, 5.41) is 6.85. The average Bonchev–Trinajstić information content (AvgIpc) is 3.16. The molecular weight excluding hydrogens is 388 g/mol. The van der Waals surface area contributed by atoms with Crippen molar-refractivity contribution in [2.75, 3.05) is 11.9 Å². The number of hydrogen-bond acceptors (Lipinski definition) is 7. The van der Waals surface area contributed by atoms with Gasteiger partial charge in [0.1, 0.15) is 10.6 Å². The molecule has 144 valence electrons. The van der Waals surface area contributed by atoms with Crippen LogP contribution in [-0.4, -0.2) is 31.0 Å². The van der Waals surface area contributed by atoms with Gasteiger partial charge in [0.15, 0.2) is 10.9 Å². The van der Waals surface area contributed by atoms with Crippen molar-refractivity contribution < 1.29 is 17.7 Å². The molecule has 0 unspecified atom stereocenters. The van der Waals surface area contributed by atoms with E-state index in [4.69, 9.17) is 4.52 Å². The van der Waals surface area contributed by atoms with Crippen LogP contribution in [0.1, 0.15) is 30.4 Å². The van der Waals surface area contributed by atoms with Crippen LogP contribution in [-0.2, 0) is 21.2 Å². The standard InChI is InChI=1S/C17H20N4O4S2/c1-4-12-5-6-13-14(9-12)26-17(19-13)20-15(22)7-8-18-27(23,24)16-10(2)21-25-11(16)3/h5-6,9,18H,4,7-8H2,1-3H3,(H,19,20,22). The molecule has 8 nitrogen and oxygen atoms in total. The van der Waals surface area contributed by atoms with Gasteiger partial charge in [0.25, 0.3) is 0 Å². The van der Waals surface area contributed by atoms with Gasteiger partial charge >= 0.3 is 0 Å². The maximum absolute atomic E-state index is 12.3. The van der Waals surface area contributed by atoms with Crippen molar-refractivity contribution in [1.82, 2.24) is 14.9 Å². The van der Waals surface area contributed by atoms with Crippen molar-refractivity contribution in [3.8, 4) is 0 Å². The molecule has 1 amide bonds. The van der Waals surface area contributed by atoms with Crippen molar-refractivity contribution in [2.24, 2.45) is 0 Å². The second-order valence-corrected chi connectivity index (χ2v) is 8.76. The van der Waals surface area contributed by atoms with Gasteiger partial charge in [-0.3, -0.25) is 4.79 Å². The van der Waals surface area contributed by atoms with Gasteiger partial charge in [-0.1, -0.05) is 29.5 Å². The first-order chi connectivity index (χ1) is 12.8. The van der Waals surface area contributed by atoms with E-state index in [1.54, 1.807) is 6.92 Å². The molecule has 10 heteroatoms. The number of amides is 1. The van der Waals surface area contributed by atoms with Gasteiger partial charge in [-0.15, -0.1) is 0 Å². The van der Waals surface area contributed by atoms with Crippen LogP contribution >= 0.6 is 11.3 Å². The molecule has 3 rings (SSSR count). The zero-order chi connectivity index (χ0) is 19.6. The summed E-state index contributed by atoms with van der Waals surface area (Å²) < 4.78 is 32.9. The monoisotopic (exact) mass is 408 g/mol. The topological polar surface area (TPSA) is 114 Å². The molecule has 2 aromatic heterocycles. The van der Waals surface area contributed by atoms with E-state index in [2.05, 4.69) is 33.2 Å². The van der Waals surface area contributed by atoms with Crippen LogP contribution in [0.5, 0.6) is 0 Å². The van der Waals surface area contributed by atoms with E-state index in [0.29, 0.717) is 5.13 Å². The van der Waals surface area contributed by atoms with Gasteiger partial charge < -0.3 is 9.84 Å². The lowest BCUT2D eigenvalue weighted by Crippen LogP contribution is -2.28. The van der Waals surface area contributed by atoms with Crippen molar-refractivity contribution in [2.45, 2.75) is 38.5 Å². The maximum Gasteiger partial charge on any atom is 0.245 e. The van der Waals surface area contributed by atoms with Gasteiger partial charge in [-0.2, -0.15) is 0 Å². The Hall–Kier alpha value is -2.30. The molecule has 0 fully saturated rings. The number of nitrogens with one attached hydrogen (secondary N) is 2. The van der Waals surface area contributed by atoms with Crippen LogP contribution < -0.4 is 10.0 Å². The maximum atomic E-state index is 12.3. The van der Waals surface area contributed by atoms with E-state index >= 15 is 0 Å². The number of benzene rings is 1. The molecule has 0 radical (unpaired) electrons. The first-order valence-electron chi connectivity index (χ1n) is 8.42. The summed E-state index contributed by atoms with van der Waals surface area (Å²) in [7, 11) is -3.77. The normalized spacial score (nSPS) is 11.8. The highest BCUT2D eigenvalue weighted by atomic mass is 32.2. The zero-order valence-electron chi connectivity index (χ0n) is 15.2. The Labute approximate surface area is 161 Å².